The number of rotatable bonds is 8. The van der Waals surface area contributed by atoms with E-state index in [-0.39, 0.29) is 30.2 Å². The Hall–Kier alpha value is -1.62. The predicted octanol–water partition coefficient (Wildman–Crippen LogP) is 3.72. The van der Waals surface area contributed by atoms with Crippen molar-refractivity contribution in [2.24, 2.45) is 5.92 Å². The minimum atomic E-state index is -0.423. The molecule has 2 saturated carbocycles. The van der Waals surface area contributed by atoms with E-state index in [4.69, 9.17) is 14.2 Å². The molecule has 0 spiro atoms. The Morgan fingerprint density at radius 2 is 1.80 bits per heavy atom. The second-order valence-corrected chi connectivity index (χ2v) is 7.36. The van der Waals surface area contributed by atoms with E-state index in [1.165, 1.54) is 0 Å². The van der Waals surface area contributed by atoms with E-state index in [2.05, 4.69) is 13.2 Å². The molecule has 0 atom stereocenters. The van der Waals surface area contributed by atoms with Crippen LogP contribution in [0.25, 0.3) is 0 Å². The van der Waals surface area contributed by atoms with Crippen molar-refractivity contribution < 1.29 is 23.8 Å². The van der Waals surface area contributed by atoms with E-state index in [0.29, 0.717) is 37.9 Å². The Bertz CT molecular complexity index is 496. The first kappa shape index (κ1) is 19.7. The topological polar surface area (TPSA) is 61.8 Å². The second kappa shape index (κ2) is 9.18. The van der Waals surface area contributed by atoms with Gasteiger partial charge in [-0.1, -0.05) is 12.7 Å². The normalized spacial score (nSPS) is 25.2. The fourth-order valence-corrected chi connectivity index (χ4v) is 3.53. The van der Waals surface area contributed by atoms with Crippen LogP contribution in [0.2, 0.25) is 0 Å². The van der Waals surface area contributed by atoms with E-state index < -0.39 is 5.97 Å². The van der Waals surface area contributed by atoms with E-state index in [1.807, 2.05) is 6.92 Å². The molecule has 25 heavy (non-hydrogen) atoms. The van der Waals surface area contributed by atoms with Gasteiger partial charge in [-0.05, 0) is 58.3 Å². The number of hydrogen-bond acceptors (Lipinski definition) is 5. The molecule has 0 amide bonds. The van der Waals surface area contributed by atoms with Crippen LogP contribution in [0.4, 0.5) is 0 Å². The van der Waals surface area contributed by atoms with Gasteiger partial charge < -0.3 is 14.2 Å². The summed E-state index contributed by atoms with van der Waals surface area (Å²) in [4.78, 5) is 24.3. The maximum atomic E-state index is 12.4. The molecular formula is C20H30O5. The molecule has 0 aromatic rings. The van der Waals surface area contributed by atoms with Gasteiger partial charge in [0.05, 0.1) is 24.7 Å². The van der Waals surface area contributed by atoms with Gasteiger partial charge >= 0.3 is 11.9 Å². The molecular weight excluding hydrogens is 320 g/mol. The molecule has 0 aromatic carbocycles. The van der Waals surface area contributed by atoms with Gasteiger partial charge in [0, 0.05) is 0 Å². The van der Waals surface area contributed by atoms with Crippen molar-refractivity contribution >= 4 is 11.9 Å². The Kier molecular flexibility index (Phi) is 7.24. The second-order valence-electron chi connectivity index (χ2n) is 7.36. The van der Waals surface area contributed by atoms with Gasteiger partial charge in [0.1, 0.15) is 11.7 Å². The highest BCUT2D eigenvalue weighted by molar-refractivity contribution is 5.88. The quantitative estimate of drug-likeness (QED) is 0.289. The standard InChI is InChI=1S/C20H30O5/c1-4-13-23-14-15(2)18(21)24-17-9-7-16(8-10-17)19(22)25-20(3)11-5-6-12-20/h4,16-17H,1-2,5-14H2,3H3. The van der Waals surface area contributed by atoms with Gasteiger partial charge in [-0.15, -0.1) is 6.58 Å². The zero-order valence-electron chi connectivity index (χ0n) is 15.3. The lowest BCUT2D eigenvalue weighted by atomic mass is 9.87. The smallest absolute Gasteiger partial charge is 0.336 e. The van der Waals surface area contributed by atoms with E-state index >= 15 is 0 Å². The Morgan fingerprint density at radius 1 is 1.16 bits per heavy atom. The van der Waals surface area contributed by atoms with Crippen molar-refractivity contribution in [2.75, 3.05) is 13.2 Å². The molecule has 2 fully saturated rings. The first-order valence-corrected chi connectivity index (χ1v) is 9.24. The molecule has 0 heterocycles. The Labute approximate surface area is 150 Å². The van der Waals surface area contributed by atoms with Crippen LogP contribution in [0.1, 0.15) is 58.3 Å². The lowest BCUT2D eigenvalue weighted by Crippen LogP contribution is -2.35. The van der Waals surface area contributed by atoms with Crippen LogP contribution in [0.5, 0.6) is 0 Å². The summed E-state index contributed by atoms with van der Waals surface area (Å²) in [5.74, 6) is -0.587. The summed E-state index contributed by atoms with van der Waals surface area (Å²) in [5, 5.41) is 0. The minimum Gasteiger partial charge on any atom is -0.459 e. The molecule has 0 unspecified atom stereocenters. The van der Waals surface area contributed by atoms with Gasteiger partial charge in [0.2, 0.25) is 0 Å². The summed E-state index contributed by atoms with van der Waals surface area (Å²) in [6.45, 7) is 9.79. The van der Waals surface area contributed by atoms with Gasteiger partial charge in [-0.3, -0.25) is 4.79 Å². The summed E-state index contributed by atoms with van der Waals surface area (Å²) in [7, 11) is 0. The van der Waals surface area contributed by atoms with Crippen LogP contribution in [0.15, 0.2) is 24.8 Å². The number of carbonyl (C=O) groups excluding carboxylic acids is 2. The van der Waals surface area contributed by atoms with Crippen LogP contribution in [-0.2, 0) is 23.8 Å². The Morgan fingerprint density at radius 3 is 2.40 bits per heavy atom. The van der Waals surface area contributed by atoms with Crippen molar-refractivity contribution in [2.45, 2.75) is 70.0 Å². The SMILES string of the molecule is C=CCOCC(=C)C(=O)OC1CCC(C(=O)OC2(C)CCCC2)CC1. The van der Waals surface area contributed by atoms with E-state index in [1.54, 1.807) is 6.08 Å². The van der Waals surface area contributed by atoms with Crippen LogP contribution < -0.4 is 0 Å². The molecule has 2 aliphatic rings. The van der Waals surface area contributed by atoms with Crippen molar-refractivity contribution in [3.63, 3.8) is 0 Å². The van der Waals surface area contributed by atoms with Crippen molar-refractivity contribution in [1.29, 1.82) is 0 Å². The molecule has 5 nitrogen and oxygen atoms in total. The fraction of sp³-hybridized carbons (Fsp3) is 0.700. The van der Waals surface area contributed by atoms with Crippen LogP contribution in [-0.4, -0.2) is 36.9 Å². The van der Waals surface area contributed by atoms with Gasteiger partial charge in [-0.2, -0.15) is 0 Å². The van der Waals surface area contributed by atoms with Gasteiger partial charge in [-0.25, -0.2) is 4.79 Å². The molecule has 0 saturated heterocycles. The maximum Gasteiger partial charge on any atom is 0.336 e. The monoisotopic (exact) mass is 350 g/mol. The number of hydrogen-bond donors (Lipinski definition) is 0. The van der Waals surface area contributed by atoms with Crippen molar-refractivity contribution in [3.05, 3.63) is 24.8 Å². The summed E-state index contributed by atoms with van der Waals surface area (Å²) in [6.07, 6.45) is 8.41. The Balaban J connectivity index is 1.70. The fourth-order valence-electron chi connectivity index (χ4n) is 3.53. The molecule has 5 heteroatoms. The van der Waals surface area contributed by atoms with Crippen LogP contribution in [0, 0.1) is 5.92 Å². The molecule has 0 N–H and O–H groups in total. The van der Waals surface area contributed by atoms with Crippen molar-refractivity contribution in [1.82, 2.24) is 0 Å². The van der Waals surface area contributed by atoms with Gasteiger partial charge in [0.25, 0.3) is 0 Å². The van der Waals surface area contributed by atoms with Crippen molar-refractivity contribution in [3.8, 4) is 0 Å². The molecule has 140 valence electrons. The summed E-state index contributed by atoms with van der Waals surface area (Å²) in [6, 6.07) is 0. The lowest BCUT2D eigenvalue weighted by molar-refractivity contribution is -0.165. The summed E-state index contributed by atoms with van der Waals surface area (Å²) >= 11 is 0. The highest BCUT2D eigenvalue weighted by Crippen LogP contribution is 2.35. The average molecular weight is 350 g/mol. The molecule has 2 rings (SSSR count). The van der Waals surface area contributed by atoms with E-state index in [9.17, 15) is 9.59 Å². The summed E-state index contributed by atoms with van der Waals surface area (Å²) < 4.78 is 16.4. The molecule has 2 aliphatic carbocycles. The minimum absolute atomic E-state index is 0.0773. The maximum absolute atomic E-state index is 12.4. The lowest BCUT2D eigenvalue weighted by Gasteiger charge is -2.31. The molecule has 0 bridgehead atoms. The van der Waals surface area contributed by atoms with Crippen LogP contribution in [0.3, 0.4) is 0 Å². The predicted molar refractivity (Wildman–Crippen MR) is 95.0 cm³/mol. The third kappa shape index (κ3) is 5.99. The third-order valence-electron chi connectivity index (χ3n) is 5.09. The van der Waals surface area contributed by atoms with E-state index in [0.717, 1.165) is 25.7 Å². The van der Waals surface area contributed by atoms with Crippen LogP contribution >= 0.6 is 0 Å². The first-order chi connectivity index (χ1) is 11.9. The average Bonchev–Trinajstić information content (AvgIpc) is 3.01. The zero-order valence-corrected chi connectivity index (χ0v) is 15.3. The largest absolute Gasteiger partial charge is 0.459 e. The molecule has 0 aromatic heterocycles. The number of carbonyl (C=O) groups is 2. The zero-order chi connectivity index (χ0) is 18.3. The molecule has 0 radical (unpaired) electrons. The highest BCUT2D eigenvalue weighted by atomic mass is 16.6. The highest BCUT2D eigenvalue weighted by Gasteiger charge is 2.36. The third-order valence-corrected chi connectivity index (χ3v) is 5.09. The number of ether oxygens (including phenoxy) is 3. The molecule has 0 aliphatic heterocycles. The van der Waals surface area contributed by atoms with Gasteiger partial charge in [0.15, 0.2) is 0 Å². The first-order valence-electron chi connectivity index (χ1n) is 9.24. The summed E-state index contributed by atoms with van der Waals surface area (Å²) in [5.41, 5.74) is 0.0290. The number of esters is 2.